The van der Waals surface area contributed by atoms with E-state index in [1.807, 2.05) is 36.2 Å². The van der Waals surface area contributed by atoms with Crippen molar-refractivity contribution in [2.75, 3.05) is 33.4 Å². The van der Waals surface area contributed by atoms with Gasteiger partial charge in [-0.3, -0.25) is 4.79 Å². The molecule has 2 aliphatic heterocycles. The minimum atomic E-state index is -0.477. The van der Waals surface area contributed by atoms with Gasteiger partial charge in [0, 0.05) is 37.4 Å². The topological polar surface area (TPSA) is 41.6 Å². The van der Waals surface area contributed by atoms with E-state index in [-0.39, 0.29) is 18.3 Å². The molecule has 6 heteroatoms. The Bertz CT molecular complexity index is 554. The monoisotopic (exact) mass is 372 g/mol. The Morgan fingerprint density at radius 2 is 1.96 bits per heavy atom. The molecule has 3 rings (SSSR count). The molecule has 24 heavy (non-hydrogen) atoms. The summed E-state index contributed by atoms with van der Waals surface area (Å²) in [4.78, 5) is 15.4. The number of piperidine rings is 1. The number of amides is 1. The molecule has 1 N–H and O–H groups in total. The van der Waals surface area contributed by atoms with Crippen LogP contribution in [0.3, 0.4) is 0 Å². The van der Waals surface area contributed by atoms with Gasteiger partial charge in [-0.05, 0) is 50.4 Å². The van der Waals surface area contributed by atoms with Crippen molar-refractivity contribution in [1.29, 1.82) is 0 Å². The van der Waals surface area contributed by atoms with Gasteiger partial charge in [0.25, 0.3) is 0 Å². The minimum absolute atomic E-state index is 0. The number of benzene rings is 1. The number of carbonyl (C=O) groups excluding carboxylic acids is 1. The van der Waals surface area contributed by atoms with Crippen molar-refractivity contribution in [3.63, 3.8) is 0 Å². The number of hydrogen-bond acceptors (Lipinski definition) is 3. The number of hydrogen-bond donors (Lipinski definition) is 1. The maximum atomic E-state index is 13.4. The molecule has 0 spiro atoms. The molecule has 0 aromatic heterocycles. The predicted octanol–water partition coefficient (Wildman–Crippen LogP) is 3.02. The number of halogens is 2. The molecule has 0 bridgehead atoms. The maximum Gasteiger partial charge on any atom is 0.233 e. The second kappa shape index (κ2) is 8.52. The molecule has 0 aliphatic carbocycles. The summed E-state index contributed by atoms with van der Waals surface area (Å²) in [7, 11) is 1.99. The molecular weight excluding hydrogens is 347 g/mol. The molecule has 1 amide bonds. The molecule has 0 saturated carbocycles. The fraction of sp³-hybridized carbons (Fsp3) is 0.611. The van der Waals surface area contributed by atoms with Crippen molar-refractivity contribution in [3.05, 3.63) is 34.9 Å². The van der Waals surface area contributed by atoms with Gasteiger partial charge >= 0.3 is 0 Å². The lowest BCUT2D eigenvalue weighted by Gasteiger charge is -2.42. The molecule has 134 valence electrons. The highest BCUT2D eigenvalue weighted by Crippen LogP contribution is 2.38. The smallest absolute Gasteiger partial charge is 0.233 e. The van der Waals surface area contributed by atoms with E-state index in [0.29, 0.717) is 24.3 Å². The van der Waals surface area contributed by atoms with Crippen molar-refractivity contribution < 1.29 is 9.53 Å². The van der Waals surface area contributed by atoms with Gasteiger partial charge in [0.2, 0.25) is 5.91 Å². The molecule has 1 aromatic rings. The first-order chi connectivity index (χ1) is 11.2. The molecule has 4 nitrogen and oxygen atoms in total. The van der Waals surface area contributed by atoms with E-state index in [9.17, 15) is 4.79 Å². The van der Waals surface area contributed by atoms with E-state index in [2.05, 4.69) is 5.32 Å². The second-order valence-corrected chi connectivity index (χ2v) is 7.00. The maximum absolute atomic E-state index is 13.4. The summed E-state index contributed by atoms with van der Waals surface area (Å²) in [5.41, 5.74) is 0.560. The number of likely N-dealkylation sites (tertiary alicyclic amines) is 1. The fourth-order valence-electron chi connectivity index (χ4n) is 3.81. The van der Waals surface area contributed by atoms with Gasteiger partial charge in [0.05, 0.1) is 5.41 Å². The number of rotatable bonds is 3. The quantitative estimate of drug-likeness (QED) is 0.886. The van der Waals surface area contributed by atoms with Gasteiger partial charge in [-0.15, -0.1) is 12.4 Å². The average molecular weight is 373 g/mol. The Morgan fingerprint density at radius 3 is 2.54 bits per heavy atom. The largest absolute Gasteiger partial charge is 0.381 e. The Kier molecular flexibility index (Phi) is 6.93. The fourth-order valence-corrected chi connectivity index (χ4v) is 4.00. The van der Waals surface area contributed by atoms with Crippen molar-refractivity contribution in [1.82, 2.24) is 10.2 Å². The third-order valence-corrected chi connectivity index (χ3v) is 5.56. The second-order valence-electron chi connectivity index (χ2n) is 6.56. The zero-order chi connectivity index (χ0) is 16.3. The van der Waals surface area contributed by atoms with Crippen molar-refractivity contribution in [2.24, 2.45) is 0 Å². The van der Waals surface area contributed by atoms with Crippen LogP contribution in [0.5, 0.6) is 0 Å². The number of nitrogens with one attached hydrogen (secondary N) is 1. The molecule has 0 atom stereocenters. The zero-order valence-corrected chi connectivity index (χ0v) is 15.7. The number of ether oxygens (including phenoxy) is 1. The molecule has 2 aliphatic rings. The summed E-state index contributed by atoms with van der Waals surface area (Å²) in [5, 5.41) is 4.01. The van der Waals surface area contributed by atoms with Crippen LogP contribution < -0.4 is 5.32 Å². The summed E-state index contributed by atoms with van der Waals surface area (Å²) < 4.78 is 5.53. The van der Waals surface area contributed by atoms with Crippen LogP contribution in [0.4, 0.5) is 0 Å². The zero-order valence-electron chi connectivity index (χ0n) is 14.1. The van der Waals surface area contributed by atoms with Crippen LogP contribution in [0, 0.1) is 0 Å². The Morgan fingerprint density at radius 1 is 1.29 bits per heavy atom. The summed E-state index contributed by atoms with van der Waals surface area (Å²) in [6, 6.07) is 8.31. The van der Waals surface area contributed by atoms with E-state index in [0.717, 1.165) is 44.3 Å². The van der Waals surface area contributed by atoms with E-state index >= 15 is 0 Å². The van der Waals surface area contributed by atoms with Gasteiger partial charge in [-0.25, -0.2) is 0 Å². The summed E-state index contributed by atoms with van der Waals surface area (Å²) in [6.45, 7) is 2.91. The van der Waals surface area contributed by atoms with Crippen LogP contribution in [0.1, 0.15) is 31.2 Å². The third kappa shape index (κ3) is 3.88. The van der Waals surface area contributed by atoms with Gasteiger partial charge < -0.3 is 15.0 Å². The lowest BCUT2D eigenvalue weighted by Crippen LogP contribution is -2.53. The molecular formula is C18H26Cl2N2O2. The van der Waals surface area contributed by atoms with E-state index in [1.165, 1.54) is 0 Å². The highest BCUT2D eigenvalue weighted by atomic mass is 35.5. The average Bonchev–Trinajstić information content (AvgIpc) is 2.62. The highest BCUT2D eigenvalue weighted by Gasteiger charge is 2.44. The summed E-state index contributed by atoms with van der Waals surface area (Å²) in [6.07, 6.45) is 3.50. The van der Waals surface area contributed by atoms with Gasteiger partial charge in [0.1, 0.15) is 0 Å². The normalized spacial score (nSPS) is 21.2. The van der Waals surface area contributed by atoms with E-state index in [4.69, 9.17) is 16.3 Å². The standard InChI is InChI=1S/C18H25ClN2O2.ClH/c1-20-16-5-9-21(10-6-16)17(22)18(7-11-23-12-8-18)14-3-2-4-15(19)13-14;/h2-4,13,16,20H,5-12H2,1H3;1H. The summed E-state index contributed by atoms with van der Waals surface area (Å²) in [5.74, 6) is 0.248. The van der Waals surface area contributed by atoms with Crippen molar-refractivity contribution >= 4 is 29.9 Å². The number of nitrogens with zero attached hydrogens (tertiary/aromatic N) is 1. The van der Waals surface area contributed by atoms with Gasteiger partial charge in [0.15, 0.2) is 0 Å². The van der Waals surface area contributed by atoms with Crippen LogP contribution >= 0.6 is 24.0 Å². The minimum Gasteiger partial charge on any atom is -0.381 e. The first kappa shape index (κ1) is 19.5. The molecule has 0 unspecified atom stereocenters. The van der Waals surface area contributed by atoms with E-state index in [1.54, 1.807) is 0 Å². The summed E-state index contributed by atoms with van der Waals surface area (Å²) >= 11 is 6.19. The van der Waals surface area contributed by atoms with Crippen LogP contribution in [-0.4, -0.2) is 50.2 Å². The van der Waals surface area contributed by atoms with Crippen LogP contribution in [0.15, 0.2) is 24.3 Å². The Labute approximate surface area is 155 Å². The van der Waals surface area contributed by atoms with E-state index < -0.39 is 5.41 Å². The third-order valence-electron chi connectivity index (χ3n) is 5.32. The van der Waals surface area contributed by atoms with Crippen LogP contribution in [-0.2, 0) is 14.9 Å². The van der Waals surface area contributed by atoms with Crippen LogP contribution in [0.2, 0.25) is 5.02 Å². The molecule has 0 radical (unpaired) electrons. The Balaban J connectivity index is 0.00000208. The van der Waals surface area contributed by atoms with Gasteiger partial charge in [-0.1, -0.05) is 23.7 Å². The van der Waals surface area contributed by atoms with Crippen molar-refractivity contribution in [2.45, 2.75) is 37.1 Å². The van der Waals surface area contributed by atoms with Crippen LogP contribution in [0.25, 0.3) is 0 Å². The first-order valence-electron chi connectivity index (χ1n) is 8.46. The molecule has 2 saturated heterocycles. The molecule has 2 heterocycles. The van der Waals surface area contributed by atoms with Gasteiger partial charge in [-0.2, -0.15) is 0 Å². The first-order valence-corrected chi connectivity index (χ1v) is 8.84. The lowest BCUT2D eigenvalue weighted by molar-refractivity contribution is -0.142. The van der Waals surface area contributed by atoms with Crippen molar-refractivity contribution in [3.8, 4) is 0 Å². The molecule has 1 aromatic carbocycles. The predicted molar refractivity (Wildman–Crippen MR) is 99.1 cm³/mol. The number of carbonyl (C=O) groups is 1. The highest BCUT2D eigenvalue weighted by molar-refractivity contribution is 6.30. The lowest BCUT2D eigenvalue weighted by atomic mass is 9.72. The molecule has 2 fully saturated rings. The Hall–Kier alpha value is -0.810. The SMILES string of the molecule is CNC1CCN(C(=O)C2(c3cccc(Cl)c3)CCOCC2)CC1.Cl.